The van der Waals surface area contributed by atoms with Crippen LogP contribution >= 0.6 is 0 Å². The first-order valence-electron chi connectivity index (χ1n) is 11.6. The second-order valence-corrected chi connectivity index (χ2v) is 9.04. The monoisotopic (exact) mass is 467 g/mol. The van der Waals surface area contributed by atoms with Crippen molar-refractivity contribution in [2.45, 2.75) is 38.3 Å². The number of carbonyl (C=O) groups excluding carboxylic acids is 3. The number of hydrogen-bond donors (Lipinski definition) is 1. The van der Waals surface area contributed by atoms with Crippen LogP contribution in [0.2, 0.25) is 0 Å². The molecule has 2 heterocycles. The van der Waals surface area contributed by atoms with Crippen molar-refractivity contribution in [2.24, 2.45) is 11.8 Å². The van der Waals surface area contributed by atoms with Gasteiger partial charge in [0.1, 0.15) is 11.4 Å². The molecule has 2 aliphatic rings. The minimum Gasteiger partial charge on any atom is -0.465 e. The predicted molar refractivity (Wildman–Crippen MR) is 127 cm³/mol. The van der Waals surface area contributed by atoms with E-state index < -0.39 is 47.0 Å². The van der Waals surface area contributed by atoms with Gasteiger partial charge in [-0.25, -0.2) is 9.29 Å². The molecule has 2 aromatic carbocycles. The molecule has 2 saturated heterocycles. The third-order valence-corrected chi connectivity index (χ3v) is 6.79. The van der Waals surface area contributed by atoms with Crippen LogP contribution in [0, 0.1) is 17.7 Å². The number of fused-ring (bicyclic) bond motifs is 1. The van der Waals surface area contributed by atoms with Crippen LogP contribution in [0.4, 0.5) is 15.8 Å². The van der Waals surface area contributed by atoms with Gasteiger partial charge in [0, 0.05) is 25.8 Å². The highest BCUT2D eigenvalue weighted by Crippen LogP contribution is 2.51. The average Bonchev–Trinajstić information content (AvgIpc) is 3.29. The molecule has 2 fully saturated rings. The summed E-state index contributed by atoms with van der Waals surface area (Å²) in [4.78, 5) is 43.9. The molecule has 0 unspecified atom stereocenters. The number of rotatable bonds is 7. The Kier molecular flexibility index (Phi) is 6.45. The maximum absolute atomic E-state index is 13.8. The van der Waals surface area contributed by atoms with E-state index in [1.54, 1.807) is 6.92 Å². The Morgan fingerprint density at radius 1 is 1.06 bits per heavy atom. The highest BCUT2D eigenvalue weighted by atomic mass is 19.1. The lowest BCUT2D eigenvalue weighted by molar-refractivity contribution is -0.155. The van der Waals surface area contributed by atoms with Crippen molar-refractivity contribution in [3.05, 3.63) is 59.9 Å². The Labute approximate surface area is 198 Å². The fraction of sp³-hybridized carbons (Fsp3) is 0.423. The number of benzene rings is 2. The molecular weight excluding hydrogens is 437 g/mol. The van der Waals surface area contributed by atoms with Gasteiger partial charge >= 0.3 is 5.97 Å². The summed E-state index contributed by atoms with van der Waals surface area (Å²) in [5.41, 5.74) is 0.763. The molecule has 4 atom stereocenters. The van der Waals surface area contributed by atoms with Crippen LogP contribution in [0.5, 0.6) is 0 Å². The topological polar surface area (TPSA) is 79.0 Å². The van der Waals surface area contributed by atoms with Crippen molar-refractivity contribution in [1.29, 1.82) is 0 Å². The van der Waals surface area contributed by atoms with Crippen LogP contribution in [0.15, 0.2) is 48.5 Å². The number of halogens is 1. The first-order chi connectivity index (χ1) is 16.2. The number of esters is 1. The Balaban J connectivity index is 1.83. The van der Waals surface area contributed by atoms with Gasteiger partial charge in [0.05, 0.1) is 24.1 Å². The van der Waals surface area contributed by atoms with E-state index in [1.165, 1.54) is 24.3 Å². The number of nitrogens with one attached hydrogen (secondary N) is 1. The summed E-state index contributed by atoms with van der Waals surface area (Å²) in [6, 6.07) is 12.4. The first kappa shape index (κ1) is 23.9. The second kappa shape index (κ2) is 9.18. The average molecular weight is 468 g/mol. The molecule has 0 saturated carbocycles. The van der Waals surface area contributed by atoms with E-state index in [9.17, 15) is 18.8 Å². The molecule has 0 aromatic heterocycles. The lowest BCUT2D eigenvalue weighted by atomic mass is 9.77. The van der Waals surface area contributed by atoms with Crippen molar-refractivity contribution >= 4 is 29.2 Å². The van der Waals surface area contributed by atoms with Gasteiger partial charge in [0.15, 0.2) is 0 Å². The summed E-state index contributed by atoms with van der Waals surface area (Å²) in [6.45, 7) is 3.80. The maximum atomic E-state index is 13.8. The number of anilines is 2. The number of nitrogens with zero attached hydrogens (tertiary/aromatic N) is 2. The smallest absolute Gasteiger partial charge is 0.327 e. The first-order valence-corrected chi connectivity index (χ1v) is 11.6. The van der Waals surface area contributed by atoms with Gasteiger partial charge < -0.3 is 9.64 Å². The standard InChI is InChI=1S/C26H30FN3O4/c1-5-15-26(25(33)34-6-2)21-20(22(28-26)16-7-11-18(12-8-16)29(3)4)23(31)30(24(21)32)19-13-9-17(27)10-14-19/h7-14,20-22,28H,5-6,15H2,1-4H3/t20-,21+,22-,26+/m1/s1. The SMILES string of the molecule is CCC[C@]1(C(=O)OCC)N[C@H](c2ccc(N(C)C)cc2)[C@@H]2C(=O)N(c3ccc(F)cc3)C(=O)[C@H]21. The molecule has 0 radical (unpaired) electrons. The molecule has 2 aliphatic heterocycles. The molecule has 34 heavy (non-hydrogen) atoms. The predicted octanol–water partition coefficient (Wildman–Crippen LogP) is 3.44. The lowest BCUT2D eigenvalue weighted by Crippen LogP contribution is -2.56. The summed E-state index contributed by atoms with van der Waals surface area (Å²) in [7, 11) is 3.87. The van der Waals surface area contributed by atoms with Crippen molar-refractivity contribution in [2.75, 3.05) is 30.5 Å². The number of carbonyl (C=O) groups is 3. The highest BCUT2D eigenvalue weighted by Gasteiger charge is 2.68. The minimum absolute atomic E-state index is 0.162. The zero-order valence-electron chi connectivity index (χ0n) is 19.9. The molecule has 0 spiro atoms. The van der Waals surface area contributed by atoms with Crippen LogP contribution in [0.3, 0.4) is 0 Å². The Hall–Kier alpha value is -3.26. The summed E-state index contributed by atoms with van der Waals surface area (Å²) in [6.07, 6.45) is 0.953. The van der Waals surface area contributed by atoms with Crippen LogP contribution in [-0.4, -0.2) is 44.0 Å². The van der Waals surface area contributed by atoms with E-state index in [-0.39, 0.29) is 6.61 Å². The van der Waals surface area contributed by atoms with Crippen LogP contribution < -0.4 is 15.1 Å². The third kappa shape index (κ3) is 3.76. The van der Waals surface area contributed by atoms with Crippen molar-refractivity contribution in [3.63, 3.8) is 0 Å². The van der Waals surface area contributed by atoms with Gasteiger partial charge in [0.2, 0.25) is 11.8 Å². The lowest BCUT2D eigenvalue weighted by Gasteiger charge is -2.32. The van der Waals surface area contributed by atoms with E-state index in [4.69, 9.17) is 4.74 Å². The summed E-state index contributed by atoms with van der Waals surface area (Å²) in [5, 5.41) is 3.38. The van der Waals surface area contributed by atoms with Gasteiger partial charge in [-0.2, -0.15) is 0 Å². The van der Waals surface area contributed by atoms with Crippen LogP contribution in [0.1, 0.15) is 38.3 Å². The van der Waals surface area contributed by atoms with Crippen molar-refractivity contribution < 1.29 is 23.5 Å². The van der Waals surface area contributed by atoms with Gasteiger partial charge in [-0.15, -0.1) is 0 Å². The molecule has 1 N–H and O–H groups in total. The van der Waals surface area contributed by atoms with Gasteiger partial charge in [-0.3, -0.25) is 19.7 Å². The largest absolute Gasteiger partial charge is 0.465 e. The minimum atomic E-state index is -1.33. The van der Waals surface area contributed by atoms with Crippen molar-refractivity contribution in [1.82, 2.24) is 5.32 Å². The molecule has 7 nitrogen and oxygen atoms in total. The van der Waals surface area contributed by atoms with Gasteiger partial charge in [0.25, 0.3) is 0 Å². The normalized spacial score (nSPS) is 26.0. The van der Waals surface area contributed by atoms with Gasteiger partial charge in [-0.05, 0) is 55.3 Å². The third-order valence-electron chi connectivity index (χ3n) is 6.79. The fourth-order valence-corrected chi connectivity index (χ4v) is 5.29. The van der Waals surface area contributed by atoms with E-state index in [1.807, 2.05) is 50.2 Å². The molecule has 8 heteroatoms. The molecular formula is C26H30FN3O4. The zero-order chi connectivity index (χ0) is 24.6. The highest BCUT2D eigenvalue weighted by molar-refractivity contribution is 6.24. The van der Waals surface area contributed by atoms with E-state index >= 15 is 0 Å². The number of ether oxygens (including phenoxy) is 1. The second-order valence-electron chi connectivity index (χ2n) is 9.04. The molecule has 180 valence electrons. The zero-order valence-corrected chi connectivity index (χ0v) is 19.9. The molecule has 4 rings (SSSR count). The fourth-order valence-electron chi connectivity index (χ4n) is 5.29. The Bertz CT molecular complexity index is 1090. The van der Waals surface area contributed by atoms with E-state index in [0.29, 0.717) is 18.5 Å². The Morgan fingerprint density at radius 2 is 1.71 bits per heavy atom. The maximum Gasteiger partial charge on any atom is 0.327 e. The van der Waals surface area contributed by atoms with Crippen LogP contribution in [-0.2, 0) is 19.1 Å². The van der Waals surface area contributed by atoms with E-state index in [2.05, 4.69) is 5.32 Å². The summed E-state index contributed by atoms with van der Waals surface area (Å²) >= 11 is 0. The van der Waals surface area contributed by atoms with E-state index in [0.717, 1.165) is 16.2 Å². The molecule has 2 amide bonds. The number of hydrogen-bond acceptors (Lipinski definition) is 6. The molecule has 0 aliphatic carbocycles. The number of imide groups is 1. The summed E-state index contributed by atoms with van der Waals surface area (Å²) in [5.74, 6) is -3.58. The summed E-state index contributed by atoms with van der Waals surface area (Å²) < 4.78 is 18.9. The van der Waals surface area contributed by atoms with Crippen molar-refractivity contribution in [3.8, 4) is 0 Å². The Morgan fingerprint density at radius 3 is 2.26 bits per heavy atom. The van der Waals surface area contributed by atoms with Crippen LogP contribution in [0.25, 0.3) is 0 Å². The molecule has 2 aromatic rings. The molecule has 0 bridgehead atoms. The number of amides is 2. The quantitative estimate of drug-likeness (QED) is 0.497. The van der Waals surface area contributed by atoms with Gasteiger partial charge in [-0.1, -0.05) is 25.5 Å².